The summed E-state index contributed by atoms with van der Waals surface area (Å²) in [4.78, 5) is 12.7. The minimum absolute atomic E-state index is 0.0281. The zero-order valence-electron chi connectivity index (χ0n) is 11.2. The monoisotopic (exact) mass is 272 g/mol. The molecule has 4 nitrogen and oxygen atoms in total. The normalized spacial score (nSPS) is 11.1. The van der Waals surface area contributed by atoms with Gasteiger partial charge in [-0.15, -0.1) is 0 Å². The van der Waals surface area contributed by atoms with E-state index in [2.05, 4.69) is 5.32 Å². The van der Waals surface area contributed by atoms with Crippen LogP contribution in [0.1, 0.15) is 24.2 Å². The third-order valence-electron chi connectivity index (χ3n) is 2.97. The Morgan fingerprint density at radius 2 is 2.00 bits per heavy atom. The summed E-state index contributed by atoms with van der Waals surface area (Å²) in [5.74, 6) is -3.98. The highest BCUT2D eigenvalue weighted by molar-refractivity contribution is 5.88. The number of carbonyl (C=O) groups is 1. The summed E-state index contributed by atoms with van der Waals surface area (Å²) in [7, 11) is 1.93. The number of carboxylic acid groups (broad SMARTS) is 1. The molecule has 0 atom stereocenters. The van der Waals surface area contributed by atoms with Gasteiger partial charge < -0.3 is 15.3 Å². The molecular weight excluding hydrogens is 254 g/mol. The highest BCUT2D eigenvalue weighted by Gasteiger charge is 2.17. The van der Waals surface area contributed by atoms with Crippen molar-refractivity contribution in [2.24, 2.45) is 0 Å². The lowest BCUT2D eigenvalue weighted by atomic mass is 10.2. The van der Waals surface area contributed by atoms with Crippen LogP contribution in [0.4, 0.5) is 14.5 Å². The van der Waals surface area contributed by atoms with Gasteiger partial charge >= 0.3 is 5.97 Å². The first-order valence-corrected chi connectivity index (χ1v) is 6.00. The summed E-state index contributed by atoms with van der Waals surface area (Å²) < 4.78 is 27.0. The number of nitrogens with one attached hydrogen (secondary N) is 1. The Morgan fingerprint density at radius 3 is 2.53 bits per heavy atom. The molecule has 0 fully saturated rings. The van der Waals surface area contributed by atoms with Crippen LogP contribution in [0.25, 0.3) is 0 Å². The number of halogens is 2. The van der Waals surface area contributed by atoms with Gasteiger partial charge in [0.15, 0.2) is 11.6 Å². The van der Waals surface area contributed by atoms with Gasteiger partial charge in [-0.3, -0.25) is 0 Å². The molecule has 0 saturated carbocycles. The van der Waals surface area contributed by atoms with E-state index in [9.17, 15) is 13.6 Å². The zero-order chi connectivity index (χ0) is 14.6. The molecule has 2 N–H and O–H groups in total. The number of aromatic carboxylic acids is 1. The van der Waals surface area contributed by atoms with Crippen LogP contribution in [0.2, 0.25) is 0 Å². The molecule has 0 saturated heterocycles. The van der Waals surface area contributed by atoms with Crippen molar-refractivity contribution in [2.45, 2.75) is 19.9 Å². The van der Waals surface area contributed by atoms with E-state index < -0.39 is 23.2 Å². The van der Waals surface area contributed by atoms with E-state index in [0.29, 0.717) is 19.1 Å². The minimum atomic E-state index is -1.48. The smallest absolute Gasteiger partial charge is 0.338 e. The molecule has 0 aliphatic carbocycles. The molecule has 0 heterocycles. The van der Waals surface area contributed by atoms with Crippen molar-refractivity contribution in [2.75, 3.05) is 25.5 Å². The molecule has 0 amide bonds. The van der Waals surface area contributed by atoms with E-state index in [0.717, 1.165) is 6.07 Å². The van der Waals surface area contributed by atoms with Crippen molar-refractivity contribution in [3.05, 3.63) is 29.3 Å². The second-order valence-corrected chi connectivity index (χ2v) is 4.59. The van der Waals surface area contributed by atoms with Gasteiger partial charge in [0.1, 0.15) is 0 Å². The van der Waals surface area contributed by atoms with Gasteiger partial charge in [0.25, 0.3) is 0 Å². The Kier molecular flexibility index (Phi) is 5.23. The standard InChI is InChI=1S/C13H18F2N2O2/c1-8(2)17(3)7-6-16-10-5-4-9(13(18)19)11(14)12(10)15/h4-5,8,16H,6-7H2,1-3H3,(H,18,19). The summed E-state index contributed by atoms with van der Waals surface area (Å²) in [6.07, 6.45) is 0. The van der Waals surface area contributed by atoms with Crippen molar-refractivity contribution in [3.8, 4) is 0 Å². The van der Waals surface area contributed by atoms with Gasteiger partial charge in [-0.25, -0.2) is 13.6 Å². The van der Waals surface area contributed by atoms with Gasteiger partial charge in [-0.2, -0.15) is 0 Å². The Labute approximate surface area is 111 Å². The van der Waals surface area contributed by atoms with E-state index in [1.165, 1.54) is 6.07 Å². The van der Waals surface area contributed by atoms with Crippen molar-refractivity contribution in [1.82, 2.24) is 4.90 Å². The Balaban J connectivity index is 2.70. The van der Waals surface area contributed by atoms with Gasteiger partial charge in [-0.05, 0) is 33.0 Å². The fraction of sp³-hybridized carbons (Fsp3) is 0.462. The van der Waals surface area contributed by atoms with E-state index in [4.69, 9.17) is 5.11 Å². The molecule has 0 aliphatic rings. The lowest BCUT2D eigenvalue weighted by molar-refractivity contribution is 0.0690. The number of nitrogens with zero attached hydrogens (tertiary/aromatic N) is 1. The largest absolute Gasteiger partial charge is 0.478 e. The van der Waals surface area contributed by atoms with E-state index >= 15 is 0 Å². The topological polar surface area (TPSA) is 52.6 Å². The van der Waals surface area contributed by atoms with Crippen LogP contribution in [0, 0.1) is 11.6 Å². The van der Waals surface area contributed by atoms with Gasteiger partial charge in [0.05, 0.1) is 11.3 Å². The molecule has 0 bridgehead atoms. The first-order valence-electron chi connectivity index (χ1n) is 6.00. The van der Waals surface area contributed by atoms with Crippen LogP contribution in [0.5, 0.6) is 0 Å². The quantitative estimate of drug-likeness (QED) is 0.835. The molecule has 1 aromatic carbocycles. The molecule has 6 heteroatoms. The van der Waals surface area contributed by atoms with Crippen molar-refractivity contribution < 1.29 is 18.7 Å². The summed E-state index contributed by atoms with van der Waals surface area (Å²) in [5, 5.41) is 11.4. The molecule has 1 aromatic rings. The first-order chi connectivity index (χ1) is 8.84. The Morgan fingerprint density at radius 1 is 1.37 bits per heavy atom. The minimum Gasteiger partial charge on any atom is -0.478 e. The number of carboxylic acids is 1. The highest BCUT2D eigenvalue weighted by Crippen LogP contribution is 2.20. The molecule has 0 spiro atoms. The third kappa shape index (κ3) is 3.89. The Bertz CT molecular complexity index is 464. The number of rotatable bonds is 6. The van der Waals surface area contributed by atoms with Gasteiger partial charge in [0, 0.05) is 19.1 Å². The number of likely N-dealkylation sites (N-methyl/N-ethyl adjacent to an activating group) is 1. The molecular formula is C13H18F2N2O2. The second-order valence-electron chi connectivity index (χ2n) is 4.59. The fourth-order valence-corrected chi connectivity index (χ4v) is 1.48. The summed E-state index contributed by atoms with van der Waals surface area (Å²) in [6.45, 7) is 5.17. The average Bonchev–Trinajstić information content (AvgIpc) is 2.33. The van der Waals surface area contributed by atoms with Crippen LogP contribution in [-0.4, -0.2) is 42.2 Å². The number of benzene rings is 1. The Hall–Kier alpha value is -1.69. The van der Waals surface area contributed by atoms with Crippen LogP contribution >= 0.6 is 0 Å². The number of hydrogen-bond donors (Lipinski definition) is 2. The van der Waals surface area contributed by atoms with Crippen LogP contribution in [0.3, 0.4) is 0 Å². The maximum atomic E-state index is 13.6. The van der Waals surface area contributed by atoms with Crippen molar-refractivity contribution >= 4 is 11.7 Å². The summed E-state index contributed by atoms with van der Waals surface area (Å²) in [6, 6.07) is 2.64. The number of hydrogen-bond acceptors (Lipinski definition) is 3. The van der Waals surface area contributed by atoms with E-state index in [-0.39, 0.29) is 5.69 Å². The van der Waals surface area contributed by atoms with Gasteiger partial charge in [0.2, 0.25) is 0 Å². The van der Waals surface area contributed by atoms with Crippen molar-refractivity contribution in [1.29, 1.82) is 0 Å². The highest BCUT2D eigenvalue weighted by atomic mass is 19.2. The molecule has 19 heavy (non-hydrogen) atoms. The summed E-state index contributed by atoms with van der Waals surface area (Å²) in [5.41, 5.74) is -0.693. The summed E-state index contributed by atoms with van der Waals surface area (Å²) >= 11 is 0. The lowest BCUT2D eigenvalue weighted by Crippen LogP contribution is -2.31. The predicted octanol–water partition coefficient (Wildman–Crippen LogP) is 2.42. The third-order valence-corrected chi connectivity index (χ3v) is 2.97. The molecule has 0 unspecified atom stereocenters. The van der Waals surface area contributed by atoms with Crippen LogP contribution in [-0.2, 0) is 0 Å². The predicted molar refractivity (Wildman–Crippen MR) is 69.6 cm³/mol. The lowest BCUT2D eigenvalue weighted by Gasteiger charge is -2.21. The molecule has 1 rings (SSSR count). The maximum Gasteiger partial charge on any atom is 0.338 e. The fourth-order valence-electron chi connectivity index (χ4n) is 1.48. The molecule has 0 aliphatic heterocycles. The van der Waals surface area contributed by atoms with E-state index in [1.54, 1.807) is 0 Å². The second kappa shape index (κ2) is 6.47. The van der Waals surface area contributed by atoms with Crippen LogP contribution in [0.15, 0.2) is 12.1 Å². The van der Waals surface area contributed by atoms with E-state index in [1.807, 2.05) is 25.8 Å². The van der Waals surface area contributed by atoms with Crippen molar-refractivity contribution in [3.63, 3.8) is 0 Å². The maximum absolute atomic E-state index is 13.6. The van der Waals surface area contributed by atoms with Crippen LogP contribution < -0.4 is 5.32 Å². The average molecular weight is 272 g/mol. The van der Waals surface area contributed by atoms with Gasteiger partial charge in [-0.1, -0.05) is 0 Å². The molecule has 106 valence electrons. The number of anilines is 1. The SMILES string of the molecule is CC(C)N(C)CCNc1ccc(C(=O)O)c(F)c1F. The molecule has 0 aromatic heterocycles. The first kappa shape index (κ1) is 15.4. The zero-order valence-corrected chi connectivity index (χ0v) is 11.2. The molecule has 0 radical (unpaired) electrons.